The summed E-state index contributed by atoms with van der Waals surface area (Å²) >= 11 is 6.06. The number of ether oxygens (including phenoxy) is 1. The van der Waals surface area contributed by atoms with E-state index in [0.29, 0.717) is 10.6 Å². The van der Waals surface area contributed by atoms with Gasteiger partial charge in [0.05, 0.1) is 17.1 Å². The second-order valence-corrected chi connectivity index (χ2v) is 7.12. The van der Waals surface area contributed by atoms with E-state index in [1.54, 1.807) is 43.4 Å². The number of benzene rings is 2. The van der Waals surface area contributed by atoms with Crippen LogP contribution >= 0.6 is 11.6 Å². The molecule has 0 aliphatic rings. The number of halogens is 2. The predicted octanol–water partition coefficient (Wildman–Crippen LogP) is 3.77. The molecule has 1 atom stereocenters. The van der Waals surface area contributed by atoms with Gasteiger partial charge >= 0.3 is 0 Å². The molecule has 2 aromatic rings. The Balaban J connectivity index is 1.96. The Hall–Kier alpha value is -2.60. The van der Waals surface area contributed by atoms with Crippen molar-refractivity contribution in [3.05, 3.63) is 64.9 Å². The monoisotopic (exact) mass is 406 g/mol. The first-order valence-corrected chi connectivity index (χ1v) is 9.36. The summed E-state index contributed by atoms with van der Waals surface area (Å²) in [4.78, 5) is 26.8. The van der Waals surface area contributed by atoms with E-state index in [4.69, 9.17) is 16.3 Å². The van der Waals surface area contributed by atoms with Crippen LogP contribution in [0.25, 0.3) is 0 Å². The van der Waals surface area contributed by atoms with Crippen LogP contribution in [0, 0.1) is 11.7 Å². The highest BCUT2D eigenvalue weighted by atomic mass is 35.5. The molecular weight excluding hydrogens is 383 g/mol. The van der Waals surface area contributed by atoms with Crippen LogP contribution in [0.1, 0.15) is 24.2 Å². The van der Waals surface area contributed by atoms with Crippen molar-refractivity contribution in [1.82, 2.24) is 10.2 Å². The van der Waals surface area contributed by atoms with Crippen molar-refractivity contribution in [1.29, 1.82) is 0 Å². The highest BCUT2D eigenvalue weighted by Crippen LogP contribution is 2.17. The quantitative estimate of drug-likeness (QED) is 0.726. The summed E-state index contributed by atoms with van der Waals surface area (Å²) in [7, 11) is 1.62. The lowest BCUT2D eigenvalue weighted by atomic mass is 10.0. The van der Waals surface area contributed by atoms with E-state index >= 15 is 0 Å². The molecule has 0 aromatic heterocycles. The van der Waals surface area contributed by atoms with Crippen molar-refractivity contribution in [2.45, 2.75) is 19.9 Å². The van der Waals surface area contributed by atoms with Gasteiger partial charge in [-0.2, -0.15) is 0 Å². The topological polar surface area (TPSA) is 58.6 Å². The zero-order valence-corrected chi connectivity index (χ0v) is 16.9. The minimum atomic E-state index is -0.720. The van der Waals surface area contributed by atoms with Crippen LogP contribution < -0.4 is 10.1 Å². The van der Waals surface area contributed by atoms with Gasteiger partial charge in [0.1, 0.15) is 12.6 Å². The third-order valence-electron chi connectivity index (χ3n) is 4.23. The zero-order chi connectivity index (χ0) is 20.7. The molecular formula is C21H24ClFN2O3. The van der Waals surface area contributed by atoms with Gasteiger partial charge in [-0.15, -0.1) is 0 Å². The molecule has 0 saturated heterocycles. The molecule has 7 heteroatoms. The largest absolute Gasteiger partial charge is 0.489 e. The van der Waals surface area contributed by atoms with Gasteiger partial charge in [-0.25, -0.2) is 4.39 Å². The maximum absolute atomic E-state index is 13.6. The number of amides is 2. The molecule has 2 aromatic carbocycles. The van der Waals surface area contributed by atoms with Crippen LogP contribution in [-0.2, 0) is 4.79 Å². The second-order valence-electron chi connectivity index (χ2n) is 6.71. The molecule has 0 heterocycles. The van der Waals surface area contributed by atoms with E-state index in [2.05, 4.69) is 5.32 Å². The van der Waals surface area contributed by atoms with Gasteiger partial charge in [0.25, 0.3) is 5.91 Å². The average Bonchev–Trinajstić information content (AvgIpc) is 2.67. The Morgan fingerprint density at radius 3 is 2.43 bits per heavy atom. The van der Waals surface area contributed by atoms with Gasteiger partial charge < -0.3 is 15.0 Å². The molecule has 0 spiro atoms. The highest BCUT2D eigenvalue weighted by molar-refractivity contribution is 6.33. The summed E-state index contributed by atoms with van der Waals surface area (Å²) in [6.45, 7) is 4.07. The highest BCUT2D eigenvalue weighted by Gasteiger charge is 2.27. The van der Waals surface area contributed by atoms with Gasteiger partial charge in [0.2, 0.25) is 5.91 Å². The minimum absolute atomic E-state index is 0.131. The van der Waals surface area contributed by atoms with Crippen molar-refractivity contribution in [3.63, 3.8) is 0 Å². The Labute approximate surface area is 169 Å². The van der Waals surface area contributed by atoms with Crippen molar-refractivity contribution in [3.8, 4) is 5.75 Å². The van der Waals surface area contributed by atoms with Gasteiger partial charge in [0.15, 0.2) is 11.6 Å². The third-order valence-corrected chi connectivity index (χ3v) is 4.56. The Morgan fingerprint density at radius 1 is 1.14 bits per heavy atom. The first kappa shape index (κ1) is 21.7. The molecule has 0 fully saturated rings. The van der Waals surface area contributed by atoms with Crippen LogP contribution in [0.2, 0.25) is 5.02 Å². The summed E-state index contributed by atoms with van der Waals surface area (Å²) in [6, 6.07) is 12.0. The number of hydrogen-bond donors (Lipinski definition) is 1. The third kappa shape index (κ3) is 5.70. The fourth-order valence-electron chi connectivity index (χ4n) is 2.58. The number of nitrogens with one attached hydrogen (secondary N) is 1. The Kier molecular flexibility index (Phi) is 7.81. The zero-order valence-electron chi connectivity index (χ0n) is 16.1. The summed E-state index contributed by atoms with van der Waals surface area (Å²) in [5.74, 6) is -1.12. The van der Waals surface area contributed by atoms with Crippen LogP contribution in [0.15, 0.2) is 48.5 Å². The standard InChI is InChI=1S/C21H24ClFN2O3/c1-14(2)19(24-20(26)15-8-4-5-9-16(15)22)21(27)25(3)12-13-28-18-11-7-6-10-17(18)23/h4-11,14,19H,12-13H2,1-3H3,(H,24,26)/t19-/m0/s1. The number of rotatable bonds is 8. The molecule has 28 heavy (non-hydrogen) atoms. The van der Waals surface area contributed by atoms with E-state index in [9.17, 15) is 14.0 Å². The maximum Gasteiger partial charge on any atom is 0.253 e. The average molecular weight is 407 g/mol. The van der Waals surface area contributed by atoms with Crippen molar-refractivity contribution < 1.29 is 18.7 Å². The van der Waals surface area contributed by atoms with Gasteiger partial charge in [0, 0.05) is 7.05 Å². The normalized spacial score (nSPS) is 11.8. The smallest absolute Gasteiger partial charge is 0.253 e. The minimum Gasteiger partial charge on any atom is -0.489 e. The number of hydrogen-bond acceptors (Lipinski definition) is 3. The summed E-state index contributed by atoms with van der Waals surface area (Å²) < 4.78 is 19.0. The first-order valence-electron chi connectivity index (χ1n) is 8.99. The maximum atomic E-state index is 13.6. The van der Waals surface area contributed by atoms with E-state index in [1.807, 2.05) is 13.8 Å². The van der Waals surface area contributed by atoms with Gasteiger partial charge in [-0.1, -0.05) is 49.7 Å². The van der Waals surface area contributed by atoms with Gasteiger partial charge in [-0.3, -0.25) is 9.59 Å². The van der Waals surface area contributed by atoms with E-state index in [0.717, 1.165) is 0 Å². The van der Waals surface area contributed by atoms with Crippen LogP contribution in [0.5, 0.6) is 5.75 Å². The lowest BCUT2D eigenvalue weighted by molar-refractivity contribution is -0.133. The molecule has 0 unspecified atom stereocenters. The lowest BCUT2D eigenvalue weighted by Crippen LogP contribution is -2.50. The first-order chi connectivity index (χ1) is 13.3. The summed E-state index contributed by atoms with van der Waals surface area (Å²) in [5, 5.41) is 3.08. The number of carbonyl (C=O) groups excluding carboxylic acids is 2. The van der Waals surface area contributed by atoms with Crippen molar-refractivity contribution >= 4 is 23.4 Å². The molecule has 0 saturated carbocycles. The Bertz CT molecular complexity index is 829. The van der Waals surface area contributed by atoms with E-state index < -0.39 is 17.8 Å². The molecule has 1 N–H and O–H groups in total. The molecule has 0 radical (unpaired) electrons. The fourth-order valence-corrected chi connectivity index (χ4v) is 2.80. The molecule has 0 aliphatic carbocycles. The van der Waals surface area contributed by atoms with E-state index in [-0.39, 0.29) is 30.7 Å². The van der Waals surface area contributed by atoms with Crippen LogP contribution in [0.4, 0.5) is 4.39 Å². The Morgan fingerprint density at radius 2 is 1.79 bits per heavy atom. The molecule has 0 aliphatic heterocycles. The molecule has 150 valence electrons. The molecule has 2 amide bonds. The van der Waals surface area contributed by atoms with Gasteiger partial charge in [-0.05, 0) is 30.2 Å². The summed E-state index contributed by atoms with van der Waals surface area (Å²) in [6.07, 6.45) is 0. The lowest BCUT2D eigenvalue weighted by Gasteiger charge is -2.27. The van der Waals surface area contributed by atoms with Crippen LogP contribution in [-0.4, -0.2) is 43.0 Å². The molecule has 5 nitrogen and oxygen atoms in total. The predicted molar refractivity (Wildman–Crippen MR) is 107 cm³/mol. The number of carbonyl (C=O) groups is 2. The molecule has 2 rings (SSSR count). The summed E-state index contributed by atoms with van der Waals surface area (Å²) in [5.41, 5.74) is 0.313. The van der Waals surface area contributed by atoms with Crippen molar-refractivity contribution in [2.24, 2.45) is 5.92 Å². The number of likely N-dealkylation sites (N-methyl/N-ethyl adjacent to an activating group) is 1. The number of para-hydroxylation sites is 1. The van der Waals surface area contributed by atoms with Crippen molar-refractivity contribution in [2.75, 3.05) is 20.2 Å². The van der Waals surface area contributed by atoms with Crippen LogP contribution in [0.3, 0.4) is 0 Å². The fraction of sp³-hybridized carbons (Fsp3) is 0.333. The second kappa shape index (κ2) is 10.1. The number of nitrogens with zero attached hydrogens (tertiary/aromatic N) is 1. The SMILES string of the molecule is CC(C)[C@H](NC(=O)c1ccccc1Cl)C(=O)N(C)CCOc1ccccc1F. The molecule has 0 bridgehead atoms. The van der Waals surface area contributed by atoms with E-state index in [1.165, 1.54) is 17.0 Å².